The first-order valence-corrected chi connectivity index (χ1v) is 10.9. The first kappa shape index (κ1) is 19.3. The molecule has 26 heavy (non-hydrogen) atoms. The van der Waals surface area contributed by atoms with Gasteiger partial charge in [0.2, 0.25) is 5.91 Å². The fourth-order valence-electron chi connectivity index (χ4n) is 2.86. The summed E-state index contributed by atoms with van der Waals surface area (Å²) in [6.07, 6.45) is 1.95. The van der Waals surface area contributed by atoms with Crippen LogP contribution in [0.25, 0.3) is 0 Å². The summed E-state index contributed by atoms with van der Waals surface area (Å²) in [5, 5.41) is 5.41. The van der Waals surface area contributed by atoms with Crippen LogP contribution >= 0.6 is 34.7 Å². The smallest absolute Gasteiger partial charge is 0.255 e. The van der Waals surface area contributed by atoms with Crippen LogP contribution < -0.4 is 5.32 Å². The summed E-state index contributed by atoms with van der Waals surface area (Å²) in [5.41, 5.74) is 0.546. The highest BCUT2D eigenvalue weighted by Crippen LogP contribution is 2.43. The largest absolute Gasteiger partial charge is 0.354 e. The molecule has 3 rings (SSSR count). The Morgan fingerprint density at radius 2 is 2.04 bits per heavy atom. The van der Waals surface area contributed by atoms with Crippen LogP contribution in [-0.4, -0.2) is 35.1 Å². The second-order valence-corrected chi connectivity index (χ2v) is 8.61. The first-order valence-electron chi connectivity index (χ1n) is 8.62. The number of amides is 2. The molecule has 7 heteroatoms. The summed E-state index contributed by atoms with van der Waals surface area (Å²) in [6.45, 7) is 2.73. The average Bonchev–Trinajstić information content (AvgIpc) is 3.31. The number of halogens is 1. The Balaban J connectivity index is 1.85. The maximum absolute atomic E-state index is 13.2. The number of hydrogen-bond donors (Lipinski definition) is 1. The molecule has 1 aromatic heterocycles. The van der Waals surface area contributed by atoms with Gasteiger partial charge in [-0.15, -0.1) is 23.1 Å². The van der Waals surface area contributed by atoms with Gasteiger partial charge in [-0.3, -0.25) is 9.59 Å². The van der Waals surface area contributed by atoms with Crippen molar-refractivity contribution in [1.82, 2.24) is 10.2 Å². The molecule has 1 aliphatic heterocycles. The maximum atomic E-state index is 13.2. The van der Waals surface area contributed by atoms with Gasteiger partial charge in [0.05, 0.1) is 0 Å². The van der Waals surface area contributed by atoms with Crippen LogP contribution in [0.2, 0.25) is 5.02 Å². The highest BCUT2D eigenvalue weighted by molar-refractivity contribution is 7.99. The SMILES string of the molecule is CCCCNC(=O)[C@@H]1CS[C@H](c2cccs2)N1C(=O)c1ccc(Cl)cc1. The third-order valence-electron chi connectivity index (χ3n) is 4.24. The lowest BCUT2D eigenvalue weighted by atomic mass is 10.1. The summed E-state index contributed by atoms with van der Waals surface area (Å²) < 4.78 is 0. The van der Waals surface area contributed by atoms with Crippen molar-refractivity contribution in [2.45, 2.75) is 31.2 Å². The number of thiophene rings is 1. The Morgan fingerprint density at radius 1 is 1.27 bits per heavy atom. The second kappa shape index (κ2) is 8.93. The molecule has 1 fully saturated rings. The number of benzene rings is 1. The molecule has 0 bridgehead atoms. The number of nitrogens with zero attached hydrogens (tertiary/aromatic N) is 1. The van der Waals surface area contributed by atoms with E-state index in [1.165, 1.54) is 0 Å². The van der Waals surface area contributed by atoms with Gasteiger partial charge in [-0.25, -0.2) is 0 Å². The van der Waals surface area contributed by atoms with Crippen molar-refractivity contribution < 1.29 is 9.59 Å². The van der Waals surface area contributed by atoms with E-state index in [2.05, 4.69) is 12.2 Å². The van der Waals surface area contributed by atoms with E-state index in [0.717, 1.165) is 17.7 Å². The molecular weight excluding hydrogens is 388 g/mol. The van der Waals surface area contributed by atoms with Crippen molar-refractivity contribution in [3.05, 3.63) is 57.2 Å². The van der Waals surface area contributed by atoms with Gasteiger partial charge in [-0.1, -0.05) is 31.0 Å². The molecule has 138 valence electrons. The maximum Gasteiger partial charge on any atom is 0.255 e. The Kier molecular flexibility index (Phi) is 6.62. The number of carbonyl (C=O) groups excluding carboxylic acids is 2. The molecule has 0 radical (unpaired) electrons. The quantitative estimate of drug-likeness (QED) is 0.712. The molecule has 0 unspecified atom stereocenters. The van der Waals surface area contributed by atoms with Gasteiger partial charge in [0, 0.05) is 27.8 Å². The lowest BCUT2D eigenvalue weighted by Crippen LogP contribution is -2.48. The zero-order valence-corrected chi connectivity index (χ0v) is 16.9. The van der Waals surface area contributed by atoms with Gasteiger partial charge in [0.25, 0.3) is 5.91 Å². The molecule has 2 atom stereocenters. The normalized spacial score (nSPS) is 19.5. The number of carbonyl (C=O) groups is 2. The van der Waals surface area contributed by atoms with Crippen LogP contribution in [0.5, 0.6) is 0 Å². The molecule has 0 aliphatic carbocycles. The van der Waals surface area contributed by atoms with Gasteiger partial charge in [-0.2, -0.15) is 0 Å². The number of unbranched alkanes of at least 4 members (excludes halogenated alkanes) is 1. The predicted molar refractivity (Wildman–Crippen MR) is 109 cm³/mol. The van der Waals surface area contributed by atoms with Crippen molar-refractivity contribution in [3.8, 4) is 0 Å². The van der Waals surface area contributed by atoms with Crippen LogP contribution in [0, 0.1) is 0 Å². The lowest BCUT2D eigenvalue weighted by Gasteiger charge is -2.28. The van der Waals surface area contributed by atoms with Crippen LogP contribution in [0.4, 0.5) is 0 Å². The number of thioether (sulfide) groups is 1. The highest BCUT2D eigenvalue weighted by Gasteiger charge is 2.42. The van der Waals surface area contributed by atoms with Gasteiger partial charge < -0.3 is 10.2 Å². The van der Waals surface area contributed by atoms with Crippen molar-refractivity contribution >= 4 is 46.5 Å². The van der Waals surface area contributed by atoms with E-state index in [-0.39, 0.29) is 17.2 Å². The van der Waals surface area contributed by atoms with E-state index >= 15 is 0 Å². The van der Waals surface area contributed by atoms with Gasteiger partial charge in [-0.05, 0) is 42.1 Å². The monoisotopic (exact) mass is 408 g/mol. The zero-order chi connectivity index (χ0) is 18.5. The third kappa shape index (κ3) is 4.24. The summed E-state index contributed by atoms with van der Waals surface area (Å²) in [5.74, 6) is 0.382. The van der Waals surface area contributed by atoms with Crippen LogP contribution in [0.15, 0.2) is 41.8 Å². The fourth-order valence-corrected chi connectivity index (χ4v) is 5.38. The Morgan fingerprint density at radius 3 is 2.69 bits per heavy atom. The summed E-state index contributed by atoms with van der Waals surface area (Å²) in [6, 6.07) is 10.4. The Bertz CT molecular complexity index is 749. The van der Waals surface area contributed by atoms with E-state index in [4.69, 9.17) is 11.6 Å². The predicted octanol–water partition coefficient (Wildman–Crippen LogP) is 4.57. The van der Waals surface area contributed by atoms with Crippen LogP contribution in [0.1, 0.15) is 40.4 Å². The standard InChI is InChI=1S/C19H21ClN2O2S2/c1-2-3-10-21-17(23)15-12-26-19(16-5-4-11-25-16)22(15)18(24)13-6-8-14(20)9-7-13/h4-9,11,15,19H,2-3,10,12H2,1H3,(H,21,23)/t15-,19+/m0/s1. The minimum atomic E-state index is -0.466. The fraction of sp³-hybridized carbons (Fsp3) is 0.368. The summed E-state index contributed by atoms with van der Waals surface area (Å²) >= 11 is 9.19. The van der Waals surface area contributed by atoms with E-state index in [1.54, 1.807) is 52.3 Å². The van der Waals surface area contributed by atoms with Crippen LogP contribution in [-0.2, 0) is 4.79 Å². The molecule has 1 saturated heterocycles. The van der Waals surface area contributed by atoms with E-state index in [0.29, 0.717) is 22.9 Å². The molecule has 2 heterocycles. The lowest BCUT2D eigenvalue weighted by molar-refractivity contribution is -0.124. The average molecular weight is 409 g/mol. The van der Waals surface area contributed by atoms with Gasteiger partial charge in [0.1, 0.15) is 11.4 Å². The first-order chi connectivity index (χ1) is 12.6. The second-order valence-electron chi connectivity index (χ2n) is 6.08. The molecule has 0 saturated carbocycles. The third-order valence-corrected chi connectivity index (χ3v) is 6.88. The molecular formula is C19H21ClN2O2S2. The van der Waals surface area contributed by atoms with Gasteiger partial charge in [0.15, 0.2) is 0 Å². The Hall–Kier alpha value is -1.50. The molecule has 4 nitrogen and oxygen atoms in total. The topological polar surface area (TPSA) is 49.4 Å². The molecule has 1 N–H and O–H groups in total. The number of hydrogen-bond acceptors (Lipinski definition) is 4. The Labute approximate surface area is 166 Å². The molecule has 1 aliphatic rings. The minimum Gasteiger partial charge on any atom is -0.354 e. The minimum absolute atomic E-state index is 0.0766. The van der Waals surface area contributed by atoms with Crippen molar-refractivity contribution in [2.75, 3.05) is 12.3 Å². The van der Waals surface area contributed by atoms with Crippen molar-refractivity contribution in [1.29, 1.82) is 0 Å². The van der Waals surface area contributed by atoms with E-state index in [9.17, 15) is 9.59 Å². The molecule has 0 spiro atoms. The van der Waals surface area contributed by atoms with Crippen molar-refractivity contribution in [3.63, 3.8) is 0 Å². The van der Waals surface area contributed by atoms with E-state index in [1.807, 2.05) is 17.5 Å². The number of nitrogens with one attached hydrogen (secondary N) is 1. The molecule has 2 amide bonds. The summed E-state index contributed by atoms with van der Waals surface area (Å²) in [7, 11) is 0. The van der Waals surface area contributed by atoms with E-state index < -0.39 is 6.04 Å². The van der Waals surface area contributed by atoms with Gasteiger partial charge >= 0.3 is 0 Å². The van der Waals surface area contributed by atoms with Crippen molar-refractivity contribution in [2.24, 2.45) is 0 Å². The summed E-state index contributed by atoms with van der Waals surface area (Å²) in [4.78, 5) is 28.7. The molecule has 1 aromatic carbocycles. The molecule has 2 aromatic rings. The number of rotatable bonds is 6. The highest BCUT2D eigenvalue weighted by atomic mass is 35.5. The zero-order valence-electron chi connectivity index (χ0n) is 14.5. The van der Waals surface area contributed by atoms with Crippen LogP contribution in [0.3, 0.4) is 0 Å².